The first kappa shape index (κ1) is 11.0. The predicted molar refractivity (Wildman–Crippen MR) is 60.7 cm³/mol. The molecule has 1 atom stereocenters. The van der Waals surface area contributed by atoms with Crippen LogP contribution in [0.3, 0.4) is 0 Å². The summed E-state index contributed by atoms with van der Waals surface area (Å²) in [5.74, 6) is 0.725. The number of nitrogens with one attached hydrogen (secondary N) is 1. The second kappa shape index (κ2) is 5.59. The van der Waals surface area contributed by atoms with Crippen molar-refractivity contribution in [2.24, 2.45) is 0 Å². The molecule has 1 aromatic rings. The lowest BCUT2D eigenvalue weighted by Gasteiger charge is -2.05. The van der Waals surface area contributed by atoms with E-state index in [1.807, 2.05) is 6.07 Å². The number of hydrogen-bond acceptors (Lipinski definition) is 4. The molecule has 0 aliphatic rings. The minimum Gasteiger partial charge on any atom is -0.397 e. The van der Waals surface area contributed by atoms with E-state index in [1.165, 1.54) is 0 Å². The molecule has 3 N–H and O–H groups in total. The lowest BCUT2D eigenvalue weighted by Crippen LogP contribution is -2.06. The summed E-state index contributed by atoms with van der Waals surface area (Å²) in [6.45, 7) is 0.796. The van der Waals surface area contributed by atoms with Gasteiger partial charge in [0.15, 0.2) is 0 Å². The molecule has 5 heteroatoms. The molecule has 0 radical (unpaired) electrons. The van der Waals surface area contributed by atoms with Gasteiger partial charge in [-0.05, 0) is 12.5 Å². The highest BCUT2D eigenvalue weighted by atomic mass is 32.2. The van der Waals surface area contributed by atoms with Gasteiger partial charge in [-0.25, -0.2) is 0 Å². The number of nitrogen functional groups attached to an aromatic ring is 1. The first-order chi connectivity index (χ1) is 6.68. The number of hydrogen-bond donors (Lipinski definition) is 2. The summed E-state index contributed by atoms with van der Waals surface area (Å²) < 4.78 is 10.8. The Morgan fingerprint density at radius 1 is 1.57 bits per heavy atom. The standard InChI is InChI=1S/C9H15N3OS/c1-14(13)4-2-3-12-9-5-8(10)6-11-7-9/h5-7,12H,2-4,10H2,1H3. The summed E-state index contributed by atoms with van der Waals surface area (Å²) in [6, 6.07) is 1.83. The minimum atomic E-state index is -0.708. The summed E-state index contributed by atoms with van der Waals surface area (Å²) in [5.41, 5.74) is 7.12. The third-order valence-corrected chi connectivity index (χ3v) is 2.56. The minimum absolute atomic E-state index is 0.647. The topological polar surface area (TPSA) is 68.0 Å². The number of nitrogens with two attached hydrogens (primary N) is 1. The van der Waals surface area contributed by atoms with Gasteiger partial charge in [0, 0.05) is 35.5 Å². The van der Waals surface area contributed by atoms with Crippen LogP contribution in [-0.2, 0) is 10.8 Å². The first-order valence-corrected chi connectivity index (χ1v) is 6.15. The molecule has 78 valence electrons. The molecule has 0 aromatic carbocycles. The summed E-state index contributed by atoms with van der Waals surface area (Å²) in [7, 11) is -0.708. The molecule has 4 nitrogen and oxygen atoms in total. The van der Waals surface area contributed by atoms with E-state index in [2.05, 4.69) is 10.3 Å². The normalized spacial score (nSPS) is 12.4. The van der Waals surface area contributed by atoms with Gasteiger partial charge in [-0.15, -0.1) is 0 Å². The molecule has 0 aliphatic carbocycles. The Labute approximate surface area is 86.4 Å². The Balaban J connectivity index is 2.28. The molecule has 0 bridgehead atoms. The van der Waals surface area contributed by atoms with Crippen molar-refractivity contribution < 1.29 is 4.21 Å². The summed E-state index contributed by atoms with van der Waals surface area (Å²) in [5, 5.41) is 3.16. The molecule has 14 heavy (non-hydrogen) atoms. The van der Waals surface area contributed by atoms with Crippen LogP contribution in [0, 0.1) is 0 Å². The molecule has 0 aliphatic heterocycles. The van der Waals surface area contributed by atoms with Crippen molar-refractivity contribution in [2.75, 3.05) is 29.6 Å². The van der Waals surface area contributed by atoms with Crippen LogP contribution in [-0.4, -0.2) is 27.7 Å². The summed E-state index contributed by atoms with van der Waals surface area (Å²) >= 11 is 0. The molecular weight excluding hydrogens is 198 g/mol. The van der Waals surface area contributed by atoms with Gasteiger partial charge < -0.3 is 11.1 Å². The number of aromatic nitrogens is 1. The van der Waals surface area contributed by atoms with Crippen molar-refractivity contribution in [3.8, 4) is 0 Å². The van der Waals surface area contributed by atoms with Crippen molar-refractivity contribution >= 4 is 22.2 Å². The predicted octanol–water partition coefficient (Wildman–Crippen LogP) is 0.844. The number of anilines is 2. The maximum atomic E-state index is 10.8. The van der Waals surface area contributed by atoms with Crippen LogP contribution in [0.1, 0.15) is 6.42 Å². The summed E-state index contributed by atoms with van der Waals surface area (Å²) in [6.07, 6.45) is 5.92. The average molecular weight is 213 g/mol. The van der Waals surface area contributed by atoms with Crippen molar-refractivity contribution in [3.05, 3.63) is 18.5 Å². The SMILES string of the molecule is CS(=O)CCCNc1cncc(N)c1. The quantitative estimate of drug-likeness (QED) is 0.711. The van der Waals surface area contributed by atoms with E-state index in [4.69, 9.17) is 5.73 Å². The van der Waals surface area contributed by atoms with Gasteiger partial charge in [0.25, 0.3) is 0 Å². The van der Waals surface area contributed by atoms with Gasteiger partial charge in [-0.1, -0.05) is 0 Å². The Kier molecular flexibility index (Phi) is 4.39. The van der Waals surface area contributed by atoms with Gasteiger partial charge in [0.05, 0.1) is 17.6 Å². The van der Waals surface area contributed by atoms with Crippen LogP contribution in [0.2, 0.25) is 0 Å². The number of rotatable bonds is 5. The van der Waals surface area contributed by atoms with E-state index in [0.29, 0.717) is 5.69 Å². The molecule has 1 aromatic heterocycles. The fourth-order valence-corrected chi connectivity index (χ4v) is 1.61. The Morgan fingerprint density at radius 3 is 3.00 bits per heavy atom. The van der Waals surface area contributed by atoms with Gasteiger partial charge >= 0.3 is 0 Å². The zero-order valence-electron chi connectivity index (χ0n) is 8.19. The van der Waals surface area contributed by atoms with Crippen LogP contribution < -0.4 is 11.1 Å². The highest BCUT2D eigenvalue weighted by Crippen LogP contribution is 2.08. The average Bonchev–Trinajstić information content (AvgIpc) is 2.12. The Hall–Kier alpha value is -1.10. The summed E-state index contributed by atoms with van der Waals surface area (Å²) in [4.78, 5) is 3.95. The Bertz CT molecular complexity index is 317. The zero-order valence-corrected chi connectivity index (χ0v) is 9.01. The number of nitrogens with zero attached hydrogens (tertiary/aromatic N) is 1. The fourth-order valence-electron chi connectivity index (χ4n) is 1.06. The fraction of sp³-hybridized carbons (Fsp3) is 0.444. The second-order valence-electron chi connectivity index (χ2n) is 3.06. The molecule has 0 fully saturated rings. The lowest BCUT2D eigenvalue weighted by atomic mass is 10.3. The third kappa shape index (κ3) is 4.23. The Morgan fingerprint density at radius 2 is 2.36 bits per heavy atom. The highest BCUT2D eigenvalue weighted by molar-refractivity contribution is 7.84. The third-order valence-electron chi connectivity index (χ3n) is 1.70. The second-order valence-corrected chi connectivity index (χ2v) is 4.62. The maximum absolute atomic E-state index is 10.8. The molecule has 0 saturated carbocycles. The van der Waals surface area contributed by atoms with Crippen LogP contribution in [0.15, 0.2) is 18.5 Å². The van der Waals surface area contributed by atoms with Crippen LogP contribution in [0.4, 0.5) is 11.4 Å². The van der Waals surface area contributed by atoms with E-state index in [1.54, 1.807) is 18.6 Å². The first-order valence-electron chi connectivity index (χ1n) is 4.43. The molecular formula is C9H15N3OS. The van der Waals surface area contributed by atoms with Crippen LogP contribution in [0.5, 0.6) is 0 Å². The molecule has 0 spiro atoms. The van der Waals surface area contributed by atoms with Gasteiger partial charge in [-0.3, -0.25) is 9.19 Å². The van der Waals surface area contributed by atoms with Crippen LogP contribution >= 0.6 is 0 Å². The van der Waals surface area contributed by atoms with E-state index in [0.717, 1.165) is 24.4 Å². The van der Waals surface area contributed by atoms with E-state index < -0.39 is 10.8 Å². The molecule has 0 amide bonds. The van der Waals surface area contributed by atoms with Gasteiger partial charge in [0.1, 0.15) is 0 Å². The molecule has 1 rings (SSSR count). The zero-order chi connectivity index (χ0) is 10.4. The van der Waals surface area contributed by atoms with Crippen molar-refractivity contribution in [2.45, 2.75) is 6.42 Å². The van der Waals surface area contributed by atoms with Crippen molar-refractivity contribution in [3.63, 3.8) is 0 Å². The van der Waals surface area contributed by atoms with Gasteiger partial charge in [-0.2, -0.15) is 0 Å². The molecule has 1 heterocycles. The molecule has 1 unspecified atom stereocenters. The largest absolute Gasteiger partial charge is 0.397 e. The highest BCUT2D eigenvalue weighted by Gasteiger charge is 1.94. The van der Waals surface area contributed by atoms with E-state index in [-0.39, 0.29) is 0 Å². The van der Waals surface area contributed by atoms with Crippen LogP contribution in [0.25, 0.3) is 0 Å². The van der Waals surface area contributed by atoms with Gasteiger partial charge in [0.2, 0.25) is 0 Å². The smallest absolute Gasteiger partial charge is 0.0547 e. The van der Waals surface area contributed by atoms with Crippen molar-refractivity contribution in [1.82, 2.24) is 4.98 Å². The monoisotopic (exact) mass is 213 g/mol. The van der Waals surface area contributed by atoms with E-state index >= 15 is 0 Å². The van der Waals surface area contributed by atoms with Crippen molar-refractivity contribution in [1.29, 1.82) is 0 Å². The lowest BCUT2D eigenvalue weighted by molar-refractivity contribution is 0.685. The molecule has 0 saturated heterocycles. The maximum Gasteiger partial charge on any atom is 0.0547 e. The number of pyridine rings is 1. The van der Waals surface area contributed by atoms with E-state index in [9.17, 15) is 4.21 Å².